The molecule has 1 saturated carbocycles. The van der Waals surface area contributed by atoms with Crippen molar-refractivity contribution in [3.8, 4) is 0 Å². The number of amides is 1. The first kappa shape index (κ1) is 14.8. The molecule has 2 aliphatic heterocycles. The van der Waals surface area contributed by atoms with E-state index in [1.807, 2.05) is 20.8 Å². The zero-order chi connectivity index (χ0) is 15.3. The molecule has 2 saturated heterocycles. The maximum absolute atomic E-state index is 12.6. The Morgan fingerprint density at radius 1 is 1.29 bits per heavy atom. The van der Waals surface area contributed by atoms with Gasteiger partial charge in [0, 0.05) is 18.4 Å². The third-order valence-corrected chi connectivity index (χ3v) is 5.87. The van der Waals surface area contributed by atoms with Crippen LogP contribution in [-0.2, 0) is 23.9 Å². The smallest absolute Gasteiger partial charge is 0.313 e. The second-order valence-corrected chi connectivity index (χ2v) is 7.02. The van der Waals surface area contributed by atoms with Gasteiger partial charge in [-0.15, -0.1) is 0 Å². The van der Waals surface area contributed by atoms with E-state index in [1.54, 1.807) is 0 Å². The minimum atomic E-state index is -1.13. The maximum Gasteiger partial charge on any atom is 0.313 e. The quantitative estimate of drug-likeness (QED) is 0.634. The zero-order valence-electron chi connectivity index (χ0n) is 12.9. The van der Waals surface area contributed by atoms with Crippen LogP contribution >= 0.6 is 0 Å². The molecule has 0 radical (unpaired) electrons. The Hall–Kier alpha value is -1.14. The standard InChI is InChI=1S/C15H23NO5/c1-13(2)14(3)7-8-15(13,20-12(14)18)11(17)16-21-10-6-4-5-9-19-10/h10H,4-9H2,1-3H3,(H,16,17)/t10?,14-,15+/m0/s1. The maximum atomic E-state index is 12.6. The minimum Gasteiger partial charge on any atom is -0.448 e. The molecular formula is C15H23NO5. The Labute approximate surface area is 124 Å². The Bertz CT molecular complexity index is 471. The predicted octanol–water partition coefficient (Wildman–Crippen LogP) is 1.68. The van der Waals surface area contributed by atoms with E-state index in [4.69, 9.17) is 14.3 Å². The molecule has 3 fully saturated rings. The van der Waals surface area contributed by atoms with Crippen LogP contribution in [0.25, 0.3) is 0 Å². The van der Waals surface area contributed by atoms with E-state index in [-0.39, 0.29) is 11.9 Å². The van der Waals surface area contributed by atoms with Gasteiger partial charge in [0.2, 0.25) is 0 Å². The van der Waals surface area contributed by atoms with Crippen molar-refractivity contribution in [3.63, 3.8) is 0 Å². The molecule has 118 valence electrons. The van der Waals surface area contributed by atoms with Gasteiger partial charge in [0.25, 0.3) is 5.91 Å². The van der Waals surface area contributed by atoms with Gasteiger partial charge in [-0.1, -0.05) is 13.8 Å². The number of hydrogen-bond donors (Lipinski definition) is 1. The lowest BCUT2D eigenvalue weighted by molar-refractivity contribution is -0.211. The Kier molecular flexibility index (Phi) is 3.29. The summed E-state index contributed by atoms with van der Waals surface area (Å²) in [7, 11) is 0. The van der Waals surface area contributed by atoms with Crippen molar-refractivity contribution < 1.29 is 23.9 Å². The summed E-state index contributed by atoms with van der Waals surface area (Å²) in [4.78, 5) is 30.1. The van der Waals surface area contributed by atoms with Gasteiger partial charge in [-0.3, -0.25) is 9.59 Å². The summed E-state index contributed by atoms with van der Waals surface area (Å²) in [6.07, 6.45) is 3.57. The van der Waals surface area contributed by atoms with Crippen molar-refractivity contribution in [2.24, 2.45) is 10.8 Å². The summed E-state index contributed by atoms with van der Waals surface area (Å²) >= 11 is 0. The summed E-state index contributed by atoms with van der Waals surface area (Å²) < 4.78 is 10.9. The molecule has 3 aliphatic rings. The number of fused-ring (bicyclic) bond motifs is 2. The normalized spacial score (nSPS) is 40.9. The highest BCUT2D eigenvalue weighted by atomic mass is 16.8. The number of esters is 1. The number of carbonyl (C=O) groups is 2. The molecule has 0 aromatic carbocycles. The molecule has 2 bridgehead atoms. The lowest BCUT2D eigenvalue weighted by Crippen LogP contribution is -2.54. The second kappa shape index (κ2) is 4.68. The lowest BCUT2D eigenvalue weighted by Gasteiger charge is -2.35. The number of carbonyl (C=O) groups excluding carboxylic acids is 2. The number of hydroxylamine groups is 1. The van der Waals surface area contributed by atoms with Gasteiger partial charge < -0.3 is 9.47 Å². The first-order valence-electron chi connectivity index (χ1n) is 7.65. The van der Waals surface area contributed by atoms with Crippen LogP contribution in [-0.4, -0.2) is 30.4 Å². The van der Waals surface area contributed by atoms with Crippen LogP contribution in [0.15, 0.2) is 0 Å². The fraction of sp³-hybridized carbons (Fsp3) is 0.867. The van der Waals surface area contributed by atoms with E-state index in [1.165, 1.54) is 0 Å². The van der Waals surface area contributed by atoms with Crippen molar-refractivity contribution >= 4 is 11.9 Å². The molecule has 21 heavy (non-hydrogen) atoms. The summed E-state index contributed by atoms with van der Waals surface area (Å²) in [5.41, 5.74) is 0.170. The Morgan fingerprint density at radius 3 is 2.57 bits per heavy atom. The van der Waals surface area contributed by atoms with Crippen molar-refractivity contribution in [1.29, 1.82) is 0 Å². The molecule has 0 aromatic rings. The van der Waals surface area contributed by atoms with E-state index in [2.05, 4.69) is 5.48 Å². The monoisotopic (exact) mass is 297 g/mol. The molecule has 3 rings (SSSR count). The Balaban J connectivity index is 1.71. The lowest BCUT2D eigenvalue weighted by atomic mass is 9.66. The molecule has 0 spiro atoms. The fourth-order valence-corrected chi connectivity index (χ4v) is 3.75. The van der Waals surface area contributed by atoms with Crippen LogP contribution in [0.4, 0.5) is 0 Å². The molecule has 6 nitrogen and oxygen atoms in total. The highest BCUT2D eigenvalue weighted by molar-refractivity contribution is 5.95. The number of hydrogen-bond acceptors (Lipinski definition) is 5. The summed E-state index contributed by atoms with van der Waals surface area (Å²) in [6, 6.07) is 0. The highest BCUT2D eigenvalue weighted by Crippen LogP contribution is 2.65. The van der Waals surface area contributed by atoms with Gasteiger partial charge in [-0.25, -0.2) is 10.3 Å². The van der Waals surface area contributed by atoms with E-state index in [0.29, 0.717) is 19.4 Å². The molecule has 1 aliphatic carbocycles. The third-order valence-electron chi connectivity index (χ3n) is 5.87. The average Bonchev–Trinajstić information content (AvgIpc) is 2.76. The van der Waals surface area contributed by atoms with Crippen LogP contribution in [0, 0.1) is 10.8 Å². The first-order valence-corrected chi connectivity index (χ1v) is 7.65. The first-order chi connectivity index (χ1) is 9.83. The van der Waals surface area contributed by atoms with Crippen molar-refractivity contribution in [3.05, 3.63) is 0 Å². The van der Waals surface area contributed by atoms with E-state index >= 15 is 0 Å². The molecule has 6 heteroatoms. The summed E-state index contributed by atoms with van der Waals surface area (Å²) in [5.74, 6) is -0.668. The van der Waals surface area contributed by atoms with Crippen LogP contribution in [0.1, 0.15) is 52.9 Å². The SMILES string of the molecule is CC1(C)[C@@]2(C)CC[C@]1(C(=O)NOC1CCCCO1)OC2=O. The minimum absolute atomic E-state index is 0.289. The average molecular weight is 297 g/mol. The molecule has 0 aromatic heterocycles. The van der Waals surface area contributed by atoms with E-state index in [0.717, 1.165) is 19.3 Å². The largest absolute Gasteiger partial charge is 0.448 e. The molecule has 1 N–H and O–H groups in total. The molecule has 1 amide bonds. The summed E-state index contributed by atoms with van der Waals surface area (Å²) in [5, 5.41) is 0. The number of nitrogens with one attached hydrogen (secondary N) is 1. The van der Waals surface area contributed by atoms with Gasteiger partial charge in [-0.05, 0) is 32.6 Å². The van der Waals surface area contributed by atoms with Gasteiger partial charge in [0.05, 0.1) is 5.41 Å². The molecule has 2 heterocycles. The number of rotatable bonds is 3. The second-order valence-electron chi connectivity index (χ2n) is 7.02. The van der Waals surface area contributed by atoms with Crippen LogP contribution in [0.3, 0.4) is 0 Å². The van der Waals surface area contributed by atoms with E-state index < -0.39 is 22.7 Å². The van der Waals surface area contributed by atoms with Gasteiger partial charge in [0.1, 0.15) is 0 Å². The van der Waals surface area contributed by atoms with Crippen LogP contribution in [0.2, 0.25) is 0 Å². The van der Waals surface area contributed by atoms with E-state index in [9.17, 15) is 9.59 Å². The fourth-order valence-electron chi connectivity index (χ4n) is 3.75. The van der Waals surface area contributed by atoms with Crippen LogP contribution < -0.4 is 5.48 Å². The van der Waals surface area contributed by atoms with Gasteiger partial charge >= 0.3 is 5.97 Å². The molecule has 3 atom stereocenters. The highest BCUT2D eigenvalue weighted by Gasteiger charge is 2.75. The van der Waals surface area contributed by atoms with Crippen molar-refractivity contribution in [2.75, 3.05) is 6.61 Å². The van der Waals surface area contributed by atoms with Crippen LogP contribution in [0.5, 0.6) is 0 Å². The third kappa shape index (κ3) is 1.85. The van der Waals surface area contributed by atoms with Gasteiger partial charge in [-0.2, -0.15) is 0 Å². The Morgan fingerprint density at radius 2 is 2.05 bits per heavy atom. The predicted molar refractivity (Wildman–Crippen MR) is 72.8 cm³/mol. The zero-order valence-corrected chi connectivity index (χ0v) is 12.9. The topological polar surface area (TPSA) is 73.9 Å². The molecule has 1 unspecified atom stereocenters. The van der Waals surface area contributed by atoms with Crippen molar-refractivity contribution in [2.45, 2.75) is 64.8 Å². The van der Waals surface area contributed by atoms with Gasteiger partial charge in [0.15, 0.2) is 11.9 Å². The molecular weight excluding hydrogens is 274 g/mol. The summed E-state index contributed by atoms with van der Waals surface area (Å²) in [6.45, 7) is 6.36. The van der Waals surface area contributed by atoms with Crippen molar-refractivity contribution in [1.82, 2.24) is 5.48 Å². The number of ether oxygens (including phenoxy) is 2.